The topological polar surface area (TPSA) is 93.2 Å². The lowest BCUT2D eigenvalue weighted by atomic mass is 10.1. The Morgan fingerprint density at radius 2 is 2.10 bits per heavy atom. The number of phenolic OH excluding ortho intramolecular Hbond substituents is 1. The van der Waals surface area contributed by atoms with Crippen LogP contribution in [0.1, 0.15) is 10.4 Å². The Labute approximate surface area is 117 Å². The molecule has 0 saturated heterocycles. The summed E-state index contributed by atoms with van der Waals surface area (Å²) < 4.78 is 40.9. The number of nitrogens with zero attached hydrogens (tertiary/aromatic N) is 2. The van der Waals surface area contributed by atoms with Crippen LogP contribution in [0.2, 0.25) is 0 Å². The Balaban J connectivity index is 2.04. The number of carbonyl (C=O) groups excluding carboxylic acids is 1. The van der Waals surface area contributed by atoms with Gasteiger partial charge in [0.05, 0.1) is 24.0 Å². The van der Waals surface area contributed by atoms with E-state index in [1.54, 1.807) is 0 Å². The highest BCUT2D eigenvalue weighted by Gasteiger charge is 2.22. The van der Waals surface area contributed by atoms with Crippen LogP contribution < -0.4 is 11.1 Å². The molecule has 0 aliphatic carbocycles. The van der Waals surface area contributed by atoms with Crippen molar-refractivity contribution in [1.29, 1.82) is 0 Å². The first-order valence-electron chi connectivity index (χ1n) is 5.82. The van der Waals surface area contributed by atoms with Crippen LogP contribution >= 0.6 is 0 Å². The lowest BCUT2D eigenvalue weighted by Gasteiger charge is -2.08. The van der Waals surface area contributed by atoms with Crippen LogP contribution in [0.5, 0.6) is 5.75 Å². The lowest BCUT2D eigenvalue weighted by Crippen LogP contribution is -2.28. The van der Waals surface area contributed by atoms with E-state index in [1.165, 1.54) is 17.1 Å². The van der Waals surface area contributed by atoms with E-state index in [9.17, 15) is 18.0 Å². The van der Waals surface area contributed by atoms with Crippen LogP contribution in [0.3, 0.4) is 0 Å². The van der Waals surface area contributed by atoms with Crippen molar-refractivity contribution in [3.8, 4) is 5.75 Å². The molecule has 112 valence electrons. The molecule has 0 unspecified atom stereocenters. The van der Waals surface area contributed by atoms with Gasteiger partial charge in [-0.05, 0) is 6.07 Å². The maximum atomic E-state index is 13.5. The molecule has 1 aromatic carbocycles. The predicted molar refractivity (Wildman–Crippen MR) is 67.0 cm³/mol. The van der Waals surface area contributed by atoms with Crippen molar-refractivity contribution in [3.63, 3.8) is 0 Å². The molecule has 0 saturated carbocycles. The standard InChI is InChI=1S/C12H11F3N4O2/c13-8-3-7(9(14)11(20)10(8)15)12(21)17-1-2-19-5-6(16)4-18-19/h3-5,20H,1-2,16H2,(H,17,21). The van der Waals surface area contributed by atoms with Crippen LogP contribution in [0.4, 0.5) is 18.9 Å². The zero-order valence-corrected chi connectivity index (χ0v) is 10.6. The Morgan fingerprint density at radius 1 is 1.38 bits per heavy atom. The lowest BCUT2D eigenvalue weighted by molar-refractivity contribution is 0.0946. The van der Waals surface area contributed by atoms with Gasteiger partial charge < -0.3 is 16.2 Å². The van der Waals surface area contributed by atoms with Gasteiger partial charge in [0.2, 0.25) is 5.82 Å². The molecule has 0 aliphatic heterocycles. The van der Waals surface area contributed by atoms with Gasteiger partial charge in [0.15, 0.2) is 17.4 Å². The molecule has 1 aromatic heterocycles. The first-order chi connectivity index (χ1) is 9.90. The van der Waals surface area contributed by atoms with Crippen LogP contribution in [0.25, 0.3) is 0 Å². The van der Waals surface area contributed by atoms with Crippen LogP contribution in [-0.2, 0) is 6.54 Å². The Morgan fingerprint density at radius 3 is 2.71 bits per heavy atom. The number of nitrogen functional groups attached to an aromatic ring is 1. The van der Waals surface area contributed by atoms with Crippen molar-refractivity contribution in [1.82, 2.24) is 15.1 Å². The van der Waals surface area contributed by atoms with E-state index in [4.69, 9.17) is 10.8 Å². The summed E-state index contributed by atoms with van der Waals surface area (Å²) in [5, 5.41) is 15.2. The summed E-state index contributed by atoms with van der Waals surface area (Å²) in [5.74, 6) is -7.29. The highest BCUT2D eigenvalue weighted by Crippen LogP contribution is 2.25. The van der Waals surface area contributed by atoms with Crippen molar-refractivity contribution < 1.29 is 23.1 Å². The number of hydrogen-bond acceptors (Lipinski definition) is 4. The van der Waals surface area contributed by atoms with Gasteiger partial charge >= 0.3 is 0 Å². The van der Waals surface area contributed by atoms with Crippen molar-refractivity contribution in [3.05, 3.63) is 41.5 Å². The van der Waals surface area contributed by atoms with Gasteiger partial charge in [0.25, 0.3) is 5.91 Å². The number of aromatic nitrogens is 2. The van der Waals surface area contributed by atoms with E-state index in [1.807, 2.05) is 0 Å². The van der Waals surface area contributed by atoms with Crippen molar-refractivity contribution in [2.24, 2.45) is 0 Å². The molecule has 0 radical (unpaired) electrons. The van der Waals surface area contributed by atoms with Gasteiger partial charge in [0, 0.05) is 12.7 Å². The molecule has 0 spiro atoms. The number of anilines is 1. The molecule has 4 N–H and O–H groups in total. The fourth-order valence-electron chi connectivity index (χ4n) is 1.64. The Bertz CT molecular complexity index is 687. The van der Waals surface area contributed by atoms with E-state index in [-0.39, 0.29) is 13.1 Å². The molecule has 0 bridgehead atoms. The molecule has 2 rings (SSSR count). The molecule has 9 heteroatoms. The molecule has 0 aliphatic rings. The molecular formula is C12H11F3N4O2. The molecule has 0 fully saturated rings. The van der Waals surface area contributed by atoms with E-state index in [0.29, 0.717) is 11.8 Å². The van der Waals surface area contributed by atoms with Crippen LogP contribution in [-0.4, -0.2) is 27.3 Å². The fourth-order valence-corrected chi connectivity index (χ4v) is 1.64. The van der Waals surface area contributed by atoms with Crippen LogP contribution in [0, 0.1) is 17.5 Å². The molecule has 6 nitrogen and oxygen atoms in total. The second-order valence-corrected chi connectivity index (χ2v) is 4.18. The largest absolute Gasteiger partial charge is 0.503 e. The molecule has 2 aromatic rings. The Hall–Kier alpha value is -2.71. The number of nitrogens with one attached hydrogen (secondary N) is 1. The third kappa shape index (κ3) is 3.07. The maximum absolute atomic E-state index is 13.5. The third-order valence-corrected chi connectivity index (χ3v) is 2.66. The van der Waals surface area contributed by atoms with Gasteiger partial charge in [-0.3, -0.25) is 9.48 Å². The number of carbonyl (C=O) groups is 1. The van der Waals surface area contributed by atoms with Crippen LogP contribution in [0.15, 0.2) is 18.5 Å². The summed E-state index contributed by atoms with van der Waals surface area (Å²) in [4.78, 5) is 11.7. The molecule has 0 atom stereocenters. The summed E-state index contributed by atoms with van der Waals surface area (Å²) in [6.07, 6.45) is 2.94. The maximum Gasteiger partial charge on any atom is 0.254 e. The fraction of sp³-hybridized carbons (Fsp3) is 0.167. The normalized spacial score (nSPS) is 10.6. The zero-order valence-electron chi connectivity index (χ0n) is 10.6. The molecular weight excluding hydrogens is 289 g/mol. The summed E-state index contributed by atoms with van der Waals surface area (Å²) in [6.45, 7) is 0.305. The minimum absolute atomic E-state index is 0.0547. The number of rotatable bonds is 4. The van der Waals surface area contributed by atoms with Crippen molar-refractivity contribution >= 4 is 11.6 Å². The summed E-state index contributed by atoms with van der Waals surface area (Å²) in [6, 6.07) is 0.381. The molecule has 21 heavy (non-hydrogen) atoms. The summed E-state index contributed by atoms with van der Waals surface area (Å²) >= 11 is 0. The first kappa shape index (κ1) is 14.7. The van der Waals surface area contributed by atoms with E-state index in [0.717, 1.165) is 0 Å². The highest BCUT2D eigenvalue weighted by atomic mass is 19.2. The zero-order chi connectivity index (χ0) is 15.6. The van der Waals surface area contributed by atoms with Gasteiger partial charge in [0.1, 0.15) is 0 Å². The molecule has 1 heterocycles. The number of aromatic hydroxyl groups is 1. The predicted octanol–water partition coefficient (Wildman–Crippen LogP) is 1.02. The number of benzene rings is 1. The second kappa shape index (κ2) is 5.73. The average molecular weight is 300 g/mol. The van der Waals surface area contributed by atoms with Crippen molar-refractivity contribution in [2.75, 3.05) is 12.3 Å². The number of amides is 1. The Kier molecular flexibility index (Phi) is 4.01. The first-order valence-corrected chi connectivity index (χ1v) is 5.82. The number of hydrogen-bond donors (Lipinski definition) is 3. The average Bonchev–Trinajstić information content (AvgIpc) is 2.86. The van der Waals surface area contributed by atoms with Crippen molar-refractivity contribution in [2.45, 2.75) is 6.54 Å². The summed E-state index contributed by atoms with van der Waals surface area (Å²) in [5.41, 5.74) is 5.10. The minimum atomic E-state index is -1.74. The quantitative estimate of drug-likeness (QED) is 0.735. The third-order valence-electron chi connectivity index (χ3n) is 2.66. The second-order valence-electron chi connectivity index (χ2n) is 4.18. The van der Waals surface area contributed by atoms with E-state index in [2.05, 4.69) is 10.4 Å². The minimum Gasteiger partial charge on any atom is -0.503 e. The van der Waals surface area contributed by atoms with Gasteiger partial charge in [-0.15, -0.1) is 0 Å². The number of phenols is 1. The number of nitrogens with two attached hydrogens (primary N) is 1. The van der Waals surface area contributed by atoms with E-state index >= 15 is 0 Å². The summed E-state index contributed by atoms with van der Waals surface area (Å²) in [7, 11) is 0. The van der Waals surface area contributed by atoms with E-state index < -0.39 is 34.7 Å². The van der Waals surface area contributed by atoms with Gasteiger partial charge in [-0.1, -0.05) is 0 Å². The van der Waals surface area contributed by atoms with Gasteiger partial charge in [-0.25, -0.2) is 8.78 Å². The van der Waals surface area contributed by atoms with Gasteiger partial charge in [-0.2, -0.15) is 9.49 Å². The monoisotopic (exact) mass is 300 g/mol. The number of halogens is 3. The SMILES string of the molecule is Nc1cnn(CCNC(=O)c2cc(F)c(F)c(O)c2F)c1. The molecule has 1 amide bonds. The smallest absolute Gasteiger partial charge is 0.254 e. The highest BCUT2D eigenvalue weighted by molar-refractivity contribution is 5.94.